The first-order chi connectivity index (χ1) is 14.7. The zero-order valence-electron chi connectivity index (χ0n) is 18.4. The fourth-order valence-corrected chi connectivity index (χ4v) is 5.12. The van der Waals surface area contributed by atoms with Crippen LogP contribution in [0.3, 0.4) is 0 Å². The fourth-order valence-electron chi connectivity index (χ4n) is 5.12. The molecule has 3 unspecified atom stereocenters. The molecule has 4 rings (SSSR count). The number of piperidine rings is 1. The van der Waals surface area contributed by atoms with E-state index in [2.05, 4.69) is 33.8 Å². The van der Waals surface area contributed by atoms with Gasteiger partial charge in [0.25, 0.3) is 0 Å². The zero-order valence-corrected chi connectivity index (χ0v) is 18.4. The van der Waals surface area contributed by atoms with Gasteiger partial charge in [0.15, 0.2) is 12.5 Å². The number of ether oxygens (including phenoxy) is 2. The van der Waals surface area contributed by atoms with Crippen LogP contribution in [0.15, 0.2) is 24.3 Å². The van der Waals surface area contributed by atoms with Crippen LogP contribution in [0.2, 0.25) is 0 Å². The minimum Gasteiger partial charge on any atom is -0.494 e. The minimum atomic E-state index is -0.492. The van der Waals surface area contributed by atoms with Gasteiger partial charge in [0, 0.05) is 24.8 Å². The fraction of sp³-hybridized carbons (Fsp3) is 0.708. The number of rotatable bonds is 9. The molecule has 3 fully saturated rings. The van der Waals surface area contributed by atoms with E-state index in [-0.39, 0.29) is 6.04 Å². The third-order valence-electron chi connectivity index (χ3n) is 6.84. The number of hydrogen-bond acceptors (Lipinski definition) is 6. The van der Waals surface area contributed by atoms with Gasteiger partial charge in [0.1, 0.15) is 5.75 Å². The summed E-state index contributed by atoms with van der Waals surface area (Å²) < 4.78 is 11.8. The molecule has 0 saturated carbocycles. The smallest absolute Gasteiger partial charge is 0.187 e. The molecule has 3 aliphatic heterocycles. The van der Waals surface area contributed by atoms with Gasteiger partial charge in [-0.3, -0.25) is 4.79 Å². The quantitative estimate of drug-likeness (QED) is 0.456. The predicted molar refractivity (Wildman–Crippen MR) is 119 cm³/mol. The summed E-state index contributed by atoms with van der Waals surface area (Å²) in [7, 11) is 0. The SMILES string of the molecule is CC1CCCN1CCCOc1ccc(N2C(CN3CCCCC3)COC2C=O)cc1. The van der Waals surface area contributed by atoms with Gasteiger partial charge in [0.05, 0.1) is 19.3 Å². The molecule has 0 aliphatic carbocycles. The molecule has 0 radical (unpaired) electrons. The summed E-state index contributed by atoms with van der Waals surface area (Å²) >= 11 is 0. The van der Waals surface area contributed by atoms with Crippen LogP contribution in [0, 0.1) is 0 Å². The molecule has 0 N–H and O–H groups in total. The lowest BCUT2D eigenvalue weighted by atomic mass is 10.1. The molecular formula is C24H37N3O3. The van der Waals surface area contributed by atoms with E-state index < -0.39 is 6.23 Å². The molecule has 1 aromatic carbocycles. The first-order valence-electron chi connectivity index (χ1n) is 11.8. The average molecular weight is 416 g/mol. The molecule has 3 aliphatic rings. The highest BCUT2D eigenvalue weighted by Crippen LogP contribution is 2.28. The molecule has 3 atom stereocenters. The van der Waals surface area contributed by atoms with E-state index in [1.54, 1.807) is 0 Å². The van der Waals surface area contributed by atoms with Gasteiger partial charge in [-0.05, 0) is 82.9 Å². The van der Waals surface area contributed by atoms with E-state index in [4.69, 9.17) is 9.47 Å². The lowest BCUT2D eigenvalue weighted by Gasteiger charge is -2.34. The summed E-state index contributed by atoms with van der Waals surface area (Å²) in [5, 5.41) is 0. The second-order valence-corrected chi connectivity index (χ2v) is 9.01. The van der Waals surface area contributed by atoms with Crippen molar-refractivity contribution in [3.8, 4) is 5.75 Å². The first-order valence-corrected chi connectivity index (χ1v) is 11.8. The van der Waals surface area contributed by atoms with Gasteiger partial charge in [0.2, 0.25) is 0 Å². The Kier molecular flexibility index (Phi) is 7.63. The third-order valence-corrected chi connectivity index (χ3v) is 6.84. The summed E-state index contributed by atoms with van der Waals surface area (Å²) in [6, 6.07) is 9.10. The summed E-state index contributed by atoms with van der Waals surface area (Å²) in [6.07, 6.45) is 8.00. The van der Waals surface area contributed by atoms with Crippen molar-refractivity contribution in [2.24, 2.45) is 0 Å². The van der Waals surface area contributed by atoms with E-state index in [0.717, 1.165) is 63.0 Å². The maximum atomic E-state index is 11.6. The highest BCUT2D eigenvalue weighted by Gasteiger charge is 2.35. The summed E-state index contributed by atoms with van der Waals surface area (Å²) in [4.78, 5) is 18.8. The van der Waals surface area contributed by atoms with E-state index in [0.29, 0.717) is 6.61 Å². The predicted octanol–water partition coefficient (Wildman–Crippen LogP) is 3.16. The van der Waals surface area contributed by atoms with Crippen molar-refractivity contribution in [1.82, 2.24) is 9.80 Å². The van der Waals surface area contributed by atoms with Crippen LogP contribution in [0.25, 0.3) is 0 Å². The average Bonchev–Trinajstić information content (AvgIpc) is 3.38. The van der Waals surface area contributed by atoms with Gasteiger partial charge in [-0.25, -0.2) is 0 Å². The molecule has 0 spiro atoms. The molecule has 6 nitrogen and oxygen atoms in total. The van der Waals surface area contributed by atoms with Crippen molar-refractivity contribution in [1.29, 1.82) is 0 Å². The van der Waals surface area contributed by atoms with E-state index in [1.165, 1.54) is 38.6 Å². The standard InChI is InChI=1S/C24H37N3O3/c1-20-7-5-14-26(20)15-6-16-29-23-10-8-21(9-11-23)27-22(19-30-24(27)18-28)17-25-12-3-2-4-13-25/h8-11,18,20,22,24H,2-7,12-17,19H2,1H3. The van der Waals surface area contributed by atoms with Crippen molar-refractivity contribution in [2.45, 2.75) is 63.8 Å². The highest BCUT2D eigenvalue weighted by atomic mass is 16.5. The zero-order chi connectivity index (χ0) is 20.8. The molecule has 3 saturated heterocycles. The molecule has 30 heavy (non-hydrogen) atoms. The molecule has 3 heterocycles. The Morgan fingerprint density at radius 1 is 1.10 bits per heavy atom. The highest BCUT2D eigenvalue weighted by molar-refractivity contribution is 5.66. The van der Waals surface area contributed by atoms with Crippen LogP contribution in [0.5, 0.6) is 5.75 Å². The Bertz CT molecular complexity index is 662. The van der Waals surface area contributed by atoms with Gasteiger partial charge in [-0.15, -0.1) is 0 Å². The first kappa shape index (κ1) is 21.6. The van der Waals surface area contributed by atoms with Crippen molar-refractivity contribution >= 4 is 12.0 Å². The number of benzene rings is 1. The van der Waals surface area contributed by atoms with E-state index in [1.807, 2.05) is 12.1 Å². The number of aldehydes is 1. The van der Waals surface area contributed by atoms with Crippen LogP contribution >= 0.6 is 0 Å². The number of anilines is 1. The Labute approximate surface area is 181 Å². The van der Waals surface area contributed by atoms with Crippen molar-refractivity contribution in [3.63, 3.8) is 0 Å². The molecule has 1 aromatic rings. The monoisotopic (exact) mass is 415 g/mol. The normalized spacial score (nSPS) is 28.2. The lowest BCUT2D eigenvalue weighted by molar-refractivity contribution is -0.115. The van der Waals surface area contributed by atoms with Crippen LogP contribution in [-0.2, 0) is 9.53 Å². The molecule has 6 heteroatoms. The number of hydrogen-bond donors (Lipinski definition) is 0. The van der Waals surface area contributed by atoms with Crippen molar-refractivity contribution < 1.29 is 14.3 Å². The summed E-state index contributed by atoms with van der Waals surface area (Å²) in [5.41, 5.74) is 1.03. The second-order valence-electron chi connectivity index (χ2n) is 9.01. The molecular weight excluding hydrogens is 378 g/mol. The van der Waals surface area contributed by atoms with E-state index in [9.17, 15) is 4.79 Å². The maximum absolute atomic E-state index is 11.6. The van der Waals surface area contributed by atoms with Crippen LogP contribution < -0.4 is 9.64 Å². The topological polar surface area (TPSA) is 45.2 Å². The molecule has 0 bridgehead atoms. The lowest BCUT2D eigenvalue weighted by Crippen LogP contribution is -2.46. The number of carbonyl (C=O) groups is 1. The van der Waals surface area contributed by atoms with Gasteiger partial charge >= 0.3 is 0 Å². The Morgan fingerprint density at radius 3 is 2.60 bits per heavy atom. The Hall–Kier alpha value is -1.63. The van der Waals surface area contributed by atoms with Crippen LogP contribution in [-0.4, -0.2) is 80.3 Å². The van der Waals surface area contributed by atoms with E-state index >= 15 is 0 Å². The second kappa shape index (κ2) is 10.6. The third kappa shape index (κ3) is 5.34. The maximum Gasteiger partial charge on any atom is 0.187 e. The number of carbonyl (C=O) groups excluding carboxylic acids is 1. The Morgan fingerprint density at radius 2 is 1.90 bits per heavy atom. The van der Waals surface area contributed by atoms with Gasteiger partial charge < -0.3 is 24.2 Å². The van der Waals surface area contributed by atoms with Gasteiger partial charge in [-0.1, -0.05) is 6.42 Å². The van der Waals surface area contributed by atoms with Crippen LogP contribution in [0.1, 0.15) is 45.4 Å². The Balaban J connectivity index is 1.29. The van der Waals surface area contributed by atoms with Crippen molar-refractivity contribution in [3.05, 3.63) is 24.3 Å². The molecule has 0 aromatic heterocycles. The van der Waals surface area contributed by atoms with Gasteiger partial charge in [-0.2, -0.15) is 0 Å². The number of nitrogens with zero attached hydrogens (tertiary/aromatic N) is 3. The van der Waals surface area contributed by atoms with Crippen molar-refractivity contribution in [2.75, 3.05) is 50.8 Å². The number of likely N-dealkylation sites (tertiary alicyclic amines) is 2. The summed E-state index contributed by atoms with van der Waals surface area (Å²) in [6.45, 7) is 9.26. The molecule has 0 amide bonds. The minimum absolute atomic E-state index is 0.215. The molecule has 166 valence electrons. The summed E-state index contributed by atoms with van der Waals surface area (Å²) in [5.74, 6) is 0.892. The largest absolute Gasteiger partial charge is 0.494 e. The van der Waals surface area contributed by atoms with Crippen LogP contribution in [0.4, 0.5) is 5.69 Å².